The molecule has 0 bridgehead atoms. The van der Waals surface area contributed by atoms with Gasteiger partial charge in [-0.2, -0.15) is 5.10 Å². The van der Waals surface area contributed by atoms with Crippen molar-refractivity contribution < 1.29 is 19.1 Å². The monoisotopic (exact) mass is 423 g/mol. The molecular weight excluding hydrogens is 402 g/mol. The number of nitrogens with zero attached hydrogens (tertiary/aromatic N) is 3. The van der Waals surface area contributed by atoms with Crippen LogP contribution in [-0.4, -0.2) is 35.9 Å². The quantitative estimate of drug-likeness (QED) is 0.192. The number of benzene rings is 2. The molecule has 0 unspecified atom stereocenters. The van der Waals surface area contributed by atoms with Crippen molar-refractivity contribution in [3.63, 3.8) is 0 Å². The van der Waals surface area contributed by atoms with Gasteiger partial charge in [-0.05, 0) is 36.8 Å². The van der Waals surface area contributed by atoms with Gasteiger partial charge < -0.3 is 14.0 Å². The summed E-state index contributed by atoms with van der Waals surface area (Å²) in [5, 5.41) is 8.44. The predicted octanol–water partition coefficient (Wildman–Crippen LogP) is 3.45. The van der Waals surface area contributed by atoms with E-state index >= 15 is 0 Å². The van der Waals surface area contributed by atoms with E-state index in [9.17, 15) is 9.59 Å². The minimum absolute atomic E-state index is 0.0150. The second kappa shape index (κ2) is 9.80. The number of carbonyl (C=O) groups is 2. The number of thiazole rings is 1. The fraction of sp³-hybridized carbons (Fsp3) is 0.182. The van der Waals surface area contributed by atoms with E-state index in [0.717, 1.165) is 20.6 Å². The van der Waals surface area contributed by atoms with Crippen molar-refractivity contribution in [2.24, 2.45) is 17.3 Å². The predicted molar refractivity (Wildman–Crippen MR) is 116 cm³/mol. The Morgan fingerprint density at radius 2 is 1.80 bits per heavy atom. The number of aromatic nitrogens is 1. The highest BCUT2D eigenvalue weighted by Crippen LogP contribution is 2.15. The summed E-state index contributed by atoms with van der Waals surface area (Å²) in [6.45, 7) is 4.99. The Kier molecular flexibility index (Phi) is 6.92. The van der Waals surface area contributed by atoms with E-state index in [-0.39, 0.29) is 13.2 Å². The SMILES string of the molecule is C=C(C)C(=O)OCCOC(=O)c1ccc(C=NN=c2sc3ccccc3n2C)cc1. The molecule has 2 aromatic carbocycles. The zero-order valence-electron chi connectivity index (χ0n) is 16.7. The Balaban J connectivity index is 1.57. The molecule has 1 aromatic heterocycles. The van der Waals surface area contributed by atoms with Crippen LogP contribution in [-0.2, 0) is 21.3 Å². The molecule has 0 amide bonds. The average Bonchev–Trinajstić information content (AvgIpc) is 3.07. The van der Waals surface area contributed by atoms with E-state index in [2.05, 4.69) is 16.8 Å². The van der Waals surface area contributed by atoms with Gasteiger partial charge in [0.05, 0.1) is 22.0 Å². The Labute approximate surface area is 177 Å². The van der Waals surface area contributed by atoms with Crippen molar-refractivity contribution in [1.29, 1.82) is 0 Å². The molecule has 0 saturated carbocycles. The number of hydrogen-bond donors (Lipinski definition) is 0. The maximum atomic E-state index is 12.0. The summed E-state index contributed by atoms with van der Waals surface area (Å²) in [7, 11) is 1.95. The molecule has 8 heteroatoms. The van der Waals surface area contributed by atoms with Gasteiger partial charge in [0.15, 0.2) is 0 Å². The summed E-state index contributed by atoms with van der Waals surface area (Å²) in [6.07, 6.45) is 1.62. The van der Waals surface area contributed by atoms with Crippen LogP contribution in [0.1, 0.15) is 22.8 Å². The normalized spacial score (nSPS) is 11.7. The first kappa shape index (κ1) is 21.2. The van der Waals surface area contributed by atoms with Crippen molar-refractivity contribution in [1.82, 2.24) is 4.57 Å². The van der Waals surface area contributed by atoms with E-state index in [1.807, 2.05) is 35.9 Å². The third-order valence-corrected chi connectivity index (χ3v) is 5.21. The average molecular weight is 423 g/mol. The molecule has 1 heterocycles. The fourth-order valence-corrected chi connectivity index (χ4v) is 3.48. The highest BCUT2D eigenvalue weighted by molar-refractivity contribution is 7.16. The molecule has 154 valence electrons. The van der Waals surface area contributed by atoms with Gasteiger partial charge in [0.2, 0.25) is 4.80 Å². The fourth-order valence-electron chi connectivity index (χ4n) is 2.50. The van der Waals surface area contributed by atoms with Crippen LogP contribution in [0.4, 0.5) is 0 Å². The first-order valence-corrected chi connectivity index (χ1v) is 9.99. The molecular formula is C22H21N3O4S. The van der Waals surface area contributed by atoms with Gasteiger partial charge in [-0.25, -0.2) is 9.59 Å². The van der Waals surface area contributed by atoms with Crippen molar-refractivity contribution in [3.8, 4) is 0 Å². The molecule has 3 rings (SSSR count). The van der Waals surface area contributed by atoms with Crippen molar-refractivity contribution in [2.75, 3.05) is 13.2 Å². The molecule has 0 N–H and O–H groups in total. The van der Waals surface area contributed by atoms with Crippen LogP contribution in [0, 0.1) is 0 Å². The van der Waals surface area contributed by atoms with Crippen molar-refractivity contribution in [2.45, 2.75) is 6.92 Å². The Morgan fingerprint density at radius 3 is 2.50 bits per heavy atom. The lowest BCUT2D eigenvalue weighted by Gasteiger charge is -2.06. The third kappa shape index (κ3) is 5.30. The van der Waals surface area contributed by atoms with Gasteiger partial charge in [0.1, 0.15) is 13.2 Å². The molecule has 0 radical (unpaired) electrons. The summed E-state index contributed by atoms with van der Waals surface area (Å²) in [5.74, 6) is -1.00. The Hall–Kier alpha value is -3.52. The van der Waals surface area contributed by atoms with Gasteiger partial charge in [0.25, 0.3) is 0 Å². The lowest BCUT2D eigenvalue weighted by molar-refractivity contribution is -0.140. The van der Waals surface area contributed by atoms with Crippen LogP contribution < -0.4 is 4.80 Å². The lowest BCUT2D eigenvalue weighted by Crippen LogP contribution is -2.14. The first-order valence-electron chi connectivity index (χ1n) is 9.17. The zero-order chi connectivity index (χ0) is 21.5. The molecule has 0 aliphatic heterocycles. The molecule has 0 spiro atoms. The highest BCUT2D eigenvalue weighted by Gasteiger charge is 2.08. The van der Waals surface area contributed by atoms with Crippen LogP contribution in [0.25, 0.3) is 10.2 Å². The third-order valence-electron chi connectivity index (χ3n) is 4.11. The maximum Gasteiger partial charge on any atom is 0.338 e. The van der Waals surface area contributed by atoms with Gasteiger partial charge >= 0.3 is 11.9 Å². The lowest BCUT2D eigenvalue weighted by atomic mass is 10.1. The number of rotatable bonds is 7. The van der Waals surface area contributed by atoms with Gasteiger partial charge in [-0.3, -0.25) is 0 Å². The van der Waals surface area contributed by atoms with Crippen molar-refractivity contribution in [3.05, 3.63) is 76.6 Å². The number of esters is 2. The van der Waals surface area contributed by atoms with E-state index in [0.29, 0.717) is 11.1 Å². The summed E-state index contributed by atoms with van der Waals surface area (Å²) in [4.78, 5) is 24.1. The van der Waals surface area contributed by atoms with Crippen LogP contribution in [0.2, 0.25) is 0 Å². The van der Waals surface area contributed by atoms with Crippen LogP contribution in [0.15, 0.2) is 70.9 Å². The summed E-state index contributed by atoms with van der Waals surface area (Å²) >= 11 is 1.56. The summed E-state index contributed by atoms with van der Waals surface area (Å²) < 4.78 is 13.1. The number of carbonyl (C=O) groups excluding carboxylic acids is 2. The second-order valence-corrected chi connectivity index (χ2v) is 7.44. The number of ether oxygens (including phenoxy) is 2. The smallest absolute Gasteiger partial charge is 0.338 e. The topological polar surface area (TPSA) is 82.2 Å². The molecule has 3 aromatic rings. The zero-order valence-corrected chi connectivity index (χ0v) is 17.5. The summed E-state index contributed by atoms with van der Waals surface area (Å²) in [6, 6.07) is 14.9. The van der Waals surface area contributed by atoms with Crippen LogP contribution >= 0.6 is 11.3 Å². The minimum Gasteiger partial charge on any atom is -0.459 e. The van der Waals surface area contributed by atoms with Gasteiger partial charge in [-0.15, -0.1) is 5.10 Å². The standard InChI is InChI=1S/C22H21N3O4S/c1-15(2)20(26)28-12-13-29-21(27)17-10-8-16(9-11-17)14-23-24-22-25(3)18-6-4-5-7-19(18)30-22/h4-11,14H,1,12-13H2,2-3H3. The first-order chi connectivity index (χ1) is 14.5. The summed E-state index contributed by atoms with van der Waals surface area (Å²) in [5.41, 5.74) is 2.60. The Morgan fingerprint density at radius 1 is 1.10 bits per heavy atom. The number of aryl methyl sites for hydroxylation is 1. The molecule has 0 fully saturated rings. The largest absolute Gasteiger partial charge is 0.459 e. The van der Waals surface area contributed by atoms with Gasteiger partial charge in [0, 0.05) is 12.6 Å². The molecule has 0 atom stereocenters. The molecule has 0 aliphatic rings. The molecule has 7 nitrogen and oxygen atoms in total. The van der Waals surface area contributed by atoms with E-state index in [4.69, 9.17) is 9.47 Å². The second-order valence-electron chi connectivity index (χ2n) is 6.43. The number of para-hydroxylation sites is 1. The molecule has 30 heavy (non-hydrogen) atoms. The molecule has 0 saturated heterocycles. The van der Waals surface area contributed by atoms with E-state index in [1.165, 1.54) is 0 Å². The molecule has 0 aliphatic carbocycles. The van der Waals surface area contributed by atoms with Crippen LogP contribution in [0.5, 0.6) is 0 Å². The Bertz CT molecular complexity index is 1170. The van der Waals surface area contributed by atoms with Crippen LogP contribution in [0.3, 0.4) is 0 Å². The van der Waals surface area contributed by atoms with E-state index in [1.54, 1.807) is 48.7 Å². The van der Waals surface area contributed by atoms with Crippen molar-refractivity contribution >= 4 is 39.7 Å². The van der Waals surface area contributed by atoms with Gasteiger partial charge in [-0.1, -0.05) is 42.2 Å². The minimum atomic E-state index is -0.510. The van der Waals surface area contributed by atoms with E-state index < -0.39 is 11.9 Å². The maximum absolute atomic E-state index is 12.0. The highest BCUT2D eigenvalue weighted by atomic mass is 32.1. The number of hydrogen-bond acceptors (Lipinski definition) is 7. The number of fused-ring (bicyclic) bond motifs is 1.